The molecule has 1 aliphatic rings. The van der Waals surface area contributed by atoms with Gasteiger partial charge in [0.2, 0.25) is 0 Å². The van der Waals surface area contributed by atoms with E-state index in [1.165, 1.54) is 0 Å². The standard InChI is InChI=1S/C13H15F3N2O2/c1-8(6-9-2-3-9)17-11-5-4-10(13(14,15)16)7-12(11)18(19)20/h4-5,7-9,17H,2-3,6H2,1H3. The summed E-state index contributed by atoms with van der Waals surface area (Å²) in [4.78, 5) is 10.1. The van der Waals surface area contributed by atoms with Crippen molar-refractivity contribution in [2.24, 2.45) is 5.92 Å². The molecule has 1 aromatic rings. The average molecular weight is 288 g/mol. The predicted octanol–water partition coefficient (Wildman–Crippen LogP) is 4.21. The zero-order chi connectivity index (χ0) is 14.9. The molecule has 1 atom stereocenters. The Morgan fingerprint density at radius 2 is 2.10 bits per heavy atom. The van der Waals surface area contributed by atoms with Crippen LogP contribution in [0.3, 0.4) is 0 Å². The molecule has 0 radical (unpaired) electrons. The third-order valence-corrected chi connectivity index (χ3v) is 3.31. The molecule has 0 spiro atoms. The molecular formula is C13H15F3N2O2. The number of hydrogen-bond donors (Lipinski definition) is 1. The first-order valence-electron chi connectivity index (χ1n) is 6.39. The van der Waals surface area contributed by atoms with E-state index in [0.29, 0.717) is 12.0 Å². The minimum Gasteiger partial charge on any atom is -0.377 e. The SMILES string of the molecule is CC(CC1CC1)Nc1ccc(C(F)(F)F)cc1[N+](=O)[O-]. The van der Waals surface area contributed by atoms with Crippen molar-refractivity contribution >= 4 is 11.4 Å². The molecule has 1 aromatic carbocycles. The maximum Gasteiger partial charge on any atom is 0.416 e. The Kier molecular flexibility index (Phi) is 3.87. The van der Waals surface area contributed by atoms with Crippen LogP contribution < -0.4 is 5.32 Å². The van der Waals surface area contributed by atoms with E-state index in [1.54, 1.807) is 0 Å². The lowest BCUT2D eigenvalue weighted by Crippen LogP contribution is -2.17. The van der Waals surface area contributed by atoms with Gasteiger partial charge < -0.3 is 5.32 Å². The number of anilines is 1. The summed E-state index contributed by atoms with van der Waals surface area (Å²) in [5.41, 5.74) is -1.41. The van der Waals surface area contributed by atoms with Gasteiger partial charge in [0, 0.05) is 12.1 Å². The third kappa shape index (κ3) is 3.61. The Bertz CT molecular complexity index is 513. The fourth-order valence-corrected chi connectivity index (χ4v) is 2.16. The molecule has 1 unspecified atom stereocenters. The van der Waals surface area contributed by atoms with Gasteiger partial charge in [0.1, 0.15) is 5.69 Å². The predicted molar refractivity (Wildman–Crippen MR) is 68.5 cm³/mol. The first kappa shape index (κ1) is 14.6. The molecule has 1 fully saturated rings. The Labute approximate surface area is 114 Å². The molecule has 0 amide bonds. The minimum absolute atomic E-state index is 0.00191. The van der Waals surface area contributed by atoms with Gasteiger partial charge >= 0.3 is 6.18 Å². The summed E-state index contributed by atoms with van der Waals surface area (Å²) in [6.07, 6.45) is -1.40. The van der Waals surface area contributed by atoms with Gasteiger partial charge in [-0.1, -0.05) is 12.8 Å². The van der Waals surface area contributed by atoms with Crippen molar-refractivity contribution in [1.29, 1.82) is 0 Å². The average Bonchev–Trinajstić information content (AvgIpc) is 3.11. The number of halogens is 3. The number of alkyl halides is 3. The zero-order valence-corrected chi connectivity index (χ0v) is 10.9. The molecule has 1 aliphatic carbocycles. The zero-order valence-electron chi connectivity index (χ0n) is 10.9. The minimum atomic E-state index is -4.58. The highest BCUT2D eigenvalue weighted by Crippen LogP contribution is 2.37. The van der Waals surface area contributed by atoms with Gasteiger partial charge in [-0.15, -0.1) is 0 Å². The maximum atomic E-state index is 12.6. The summed E-state index contributed by atoms with van der Waals surface area (Å²) in [6.45, 7) is 1.87. The number of nitrogens with zero attached hydrogens (tertiary/aromatic N) is 1. The number of rotatable bonds is 5. The Morgan fingerprint density at radius 1 is 1.45 bits per heavy atom. The second kappa shape index (κ2) is 5.30. The fraction of sp³-hybridized carbons (Fsp3) is 0.538. The molecule has 0 aliphatic heterocycles. The van der Waals surface area contributed by atoms with E-state index in [-0.39, 0.29) is 11.7 Å². The van der Waals surface area contributed by atoms with E-state index < -0.39 is 22.4 Å². The van der Waals surface area contributed by atoms with Crippen molar-refractivity contribution in [2.75, 3.05) is 5.32 Å². The quantitative estimate of drug-likeness (QED) is 0.652. The molecule has 1 saturated carbocycles. The second-order valence-corrected chi connectivity index (χ2v) is 5.21. The highest BCUT2D eigenvalue weighted by atomic mass is 19.4. The van der Waals surface area contributed by atoms with Gasteiger partial charge in [-0.25, -0.2) is 0 Å². The van der Waals surface area contributed by atoms with Gasteiger partial charge in [-0.2, -0.15) is 13.2 Å². The van der Waals surface area contributed by atoms with Gasteiger partial charge in [0.15, 0.2) is 0 Å². The van der Waals surface area contributed by atoms with Gasteiger partial charge in [-0.3, -0.25) is 10.1 Å². The highest BCUT2D eigenvalue weighted by molar-refractivity contribution is 5.63. The number of nitrogens with one attached hydrogen (secondary N) is 1. The summed E-state index contributed by atoms with van der Waals surface area (Å²) in [7, 11) is 0. The Balaban J connectivity index is 2.20. The van der Waals surface area contributed by atoms with E-state index in [4.69, 9.17) is 0 Å². The van der Waals surface area contributed by atoms with Gasteiger partial charge in [-0.05, 0) is 31.4 Å². The largest absolute Gasteiger partial charge is 0.416 e. The molecule has 0 bridgehead atoms. The monoisotopic (exact) mass is 288 g/mol. The lowest BCUT2D eigenvalue weighted by Gasteiger charge is -2.16. The van der Waals surface area contributed by atoms with Gasteiger partial charge in [0.05, 0.1) is 10.5 Å². The van der Waals surface area contributed by atoms with Crippen molar-refractivity contribution in [1.82, 2.24) is 0 Å². The van der Waals surface area contributed by atoms with Crippen LogP contribution in [-0.4, -0.2) is 11.0 Å². The summed E-state index contributed by atoms with van der Waals surface area (Å²) in [6, 6.07) is 2.56. The molecule has 2 rings (SSSR count). The lowest BCUT2D eigenvalue weighted by atomic mass is 10.1. The number of nitro groups is 1. The number of hydrogen-bond acceptors (Lipinski definition) is 3. The van der Waals surface area contributed by atoms with Crippen molar-refractivity contribution in [3.05, 3.63) is 33.9 Å². The van der Waals surface area contributed by atoms with Crippen molar-refractivity contribution in [2.45, 2.75) is 38.4 Å². The first-order chi connectivity index (χ1) is 9.27. The normalized spacial score (nSPS) is 16.8. The van der Waals surface area contributed by atoms with Crippen LogP contribution in [0.25, 0.3) is 0 Å². The highest BCUT2D eigenvalue weighted by Gasteiger charge is 2.33. The summed E-state index contributed by atoms with van der Waals surface area (Å²) in [5, 5.41) is 13.8. The fourth-order valence-electron chi connectivity index (χ4n) is 2.16. The third-order valence-electron chi connectivity index (χ3n) is 3.31. The molecule has 0 aromatic heterocycles. The molecule has 0 saturated heterocycles. The van der Waals surface area contributed by atoms with E-state index in [9.17, 15) is 23.3 Å². The lowest BCUT2D eigenvalue weighted by molar-refractivity contribution is -0.384. The van der Waals surface area contributed by atoms with Crippen LogP contribution in [0.4, 0.5) is 24.5 Å². The van der Waals surface area contributed by atoms with E-state index in [2.05, 4.69) is 5.32 Å². The van der Waals surface area contributed by atoms with Crippen LogP contribution in [0.5, 0.6) is 0 Å². The topological polar surface area (TPSA) is 55.2 Å². The van der Waals surface area contributed by atoms with Crippen LogP contribution >= 0.6 is 0 Å². The molecule has 1 N–H and O–H groups in total. The Morgan fingerprint density at radius 3 is 2.60 bits per heavy atom. The summed E-state index contributed by atoms with van der Waals surface area (Å²) in [5.74, 6) is 0.631. The van der Waals surface area contributed by atoms with Crippen molar-refractivity contribution < 1.29 is 18.1 Å². The van der Waals surface area contributed by atoms with Crippen LogP contribution in [0.15, 0.2) is 18.2 Å². The van der Waals surface area contributed by atoms with E-state index in [0.717, 1.165) is 31.4 Å². The van der Waals surface area contributed by atoms with Crippen LogP contribution in [0, 0.1) is 16.0 Å². The van der Waals surface area contributed by atoms with Gasteiger partial charge in [0.25, 0.3) is 5.69 Å². The smallest absolute Gasteiger partial charge is 0.377 e. The van der Waals surface area contributed by atoms with E-state index >= 15 is 0 Å². The van der Waals surface area contributed by atoms with Crippen LogP contribution in [-0.2, 0) is 6.18 Å². The van der Waals surface area contributed by atoms with Crippen molar-refractivity contribution in [3.8, 4) is 0 Å². The molecular weight excluding hydrogens is 273 g/mol. The molecule has 20 heavy (non-hydrogen) atoms. The second-order valence-electron chi connectivity index (χ2n) is 5.21. The molecule has 4 nitrogen and oxygen atoms in total. The number of benzene rings is 1. The summed E-state index contributed by atoms with van der Waals surface area (Å²) >= 11 is 0. The summed E-state index contributed by atoms with van der Waals surface area (Å²) < 4.78 is 37.7. The Hall–Kier alpha value is -1.79. The molecule has 7 heteroatoms. The molecule has 0 heterocycles. The van der Waals surface area contributed by atoms with Crippen LogP contribution in [0.1, 0.15) is 31.7 Å². The number of nitro benzene ring substituents is 1. The first-order valence-corrected chi connectivity index (χ1v) is 6.39. The molecule has 110 valence electrons. The van der Waals surface area contributed by atoms with Crippen LogP contribution in [0.2, 0.25) is 0 Å². The maximum absolute atomic E-state index is 12.6. The van der Waals surface area contributed by atoms with Crippen molar-refractivity contribution in [3.63, 3.8) is 0 Å². The van der Waals surface area contributed by atoms with E-state index in [1.807, 2.05) is 6.92 Å².